The maximum atomic E-state index is 6.59. The van der Waals surface area contributed by atoms with Crippen LogP contribution in [0.15, 0.2) is 40.7 Å². The summed E-state index contributed by atoms with van der Waals surface area (Å²) in [4.78, 5) is 16.3. The molecule has 0 bridgehead atoms. The molecule has 4 rings (SSSR count). The van der Waals surface area contributed by atoms with Crippen LogP contribution in [-0.2, 0) is 0 Å². The minimum absolute atomic E-state index is 0.302. The molecule has 2 aromatic heterocycles. The smallest absolute Gasteiger partial charge is 0.202 e. The molecule has 0 unspecified atom stereocenters. The molecule has 140 valence electrons. The van der Waals surface area contributed by atoms with Gasteiger partial charge < -0.3 is 5.73 Å². The topological polar surface area (TPSA) is 67.4 Å². The number of nitrogens with zero attached hydrogens (tertiary/aromatic N) is 4. The lowest BCUT2D eigenvalue weighted by atomic mass is 9.96. The van der Waals surface area contributed by atoms with E-state index in [1.54, 1.807) is 11.3 Å². The fourth-order valence-corrected chi connectivity index (χ4v) is 4.52. The maximum Gasteiger partial charge on any atom is 0.202 e. The Morgan fingerprint density at radius 3 is 2.63 bits per heavy atom. The highest BCUT2D eigenvalue weighted by molar-refractivity contribution is 7.14. The number of anilines is 2. The van der Waals surface area contributed by atoms with Crippen LogP contribution >= 0.6 is 11.3 Å². The lowest BCUT2D eigenvalue weighted by Gasteiger charge is -2.25. The minimum Gasteiger partial charge on any atom is -0.369 e. The molecule has 2 heterocycles. The van der Waals surface area contributed by atoms with Crippen LogP contribution in [0.1, 0.15) is 43.5 Å². The summed E-state index contributed by atoms with van der Waals surface area (Å²) in [6.07, 6.45) is 5.99. The van der Waals surface area contributed by atoms with Gasteiger partial charge in [-0.1, -0.05) is 37.5 Å². The summed E-state index contributed by atoms with van der Waals surface area (Å²) in [5.41, 5.74) is 10.5. The minimum atomic E-state index is 0.302. The number of rotatable bonds is 3. The predicted molar refractivity (Wildman–Crippen MR) is 114 cm³/mol. The number of aromatic nitrogens is 2. The van der Waals surface area contributed by atoms with Gasteiger partial charge in [-0.25, -0.2) is 9.98 Å². The molecule has 0 spiro atoms. The summed E-state index contributed by atoms with van der Waals surface area (Å²) < 4.78 is 0. The molecule has 1 fully saturated rings. The van der Waals surface area contributed by atoms with Gasteiger partial charge in [-0.2, -0.15) is 0 Å². The molecular formula is C21H25N5S. The third-order valence-corrected chi connectivity index (χ3v) is 5.92. The fraction of sp³-hybridized carbons (Fsp3) is 0.381. The first kappa shape index (κ1) is 17.9. The molecular weight excluding hydrogens is 354 g/mol. The van der Waals surface area contributed by atoms with Crippen molar-refractivity contribution < 1.29 is 0 Å². The van der Waals surface area contributed by atoms with Crippen molar-refractivity contribution in [3.8, 4) is 0 Å². The van der Waals surface area contributed by atoms with Crippen LogP contribution in [0.4, 0.5) is 10.8 Å². The van der Waals surface area contributed by atoms with E-state index in [4.69, 9.17) is 15.7 Å². The van der Waals surface area contributed by atoms with E-state index in [1.165, 1.54) is 19.3 Å². The highest BCUT2D eigenvalue weighted by atomic mass is 32.1. The van der Waals surface area contributed by atoms with Crippen molar-refractivity contribution in [2.24, 2.45) is 10.7 Å². The number of hydrogen-bond donors (Lipinski definition) is 1. The number of pyridine rings is 1. The summed E-state index contributed by atoms with van der Waals surface area (Å²) in [6.45, 7) is 4.01. The normalized spacial score (nSPS) is 16.0. The van der Waals surface area contributed by atoms with Gasteiger partial charge in [0.25, 0.3) is 0 Å². The molecule has 0 saturated heterocycles. The van der Waals surface area contributed by atoms with Gasteiger partial charge in [0.15, 0.2) is 5.13 Å². The lowest BCUT2D eigenvalue weighted by Crippen LogP contribution is -2.35. The van der Waals surface area contributed by atoms with E-state index in [0.717, 1.165) is 46.0 Å². The quantitative estimate of drug-likeness (QED) is 0.508. The van der Waals surface area contributed by atoms with Crippen LogP contribution in [-0.4, -0.2) is 22.0 Å². The van der Waals surface area contributed by atoms with Crippen molar-refractivity contribution in [2.45, 2.75) is 52.0 Å². The average molecular weight is 380 g/mol. The zero-order valence-electron chi connectivity index (χ0n) is 15.9. The van der Waals surface area contributed by atoms with Gasteiger partial charge in [0, 0.05) is 16.5 Å². The zero-order valence-corrected chi connectivity index (χ0v) is 16.7. The highest BCUT2D eigenvalue weighted by Gasteiger charge is 2.22. The Labute approximate surface area is 164 Å². The molecule has 3 aromatic rings. The number of guanidine groups is 1. The van der Waals surface area contributed by atoms with Crippen molar-refractivity contribution in [2.75, 3.05) is 4.90 Å². The van der Waals surface area contributed by atoms with Crippen molar-refractivity contribution in [1.29, 1.82) is 0 Å². The molecule has 1 aliphatic rings. The number of benzene rings is 1. The number of aryl methyl sites for hydroxylation is 2. The third kappa shape index (κ3) is 3.81. The van der Waals surface area contributed by atoms with Crippen molar-refractivity contribution >= 4 is 39.0 Å². The Morgan fingerprint density at radius 1 is 1.11 bits per heavy atom. The van der Waals surface area contributed by atoms with Gasteiger partial charge in [0.2, 0.25) is 5.96 Å². The summed E-state index contributed by atoms with van der Waals surface area (Å²) >= 11 is 1.59. The predicted octanol–water partition coefficient (Wildman–Crippen LogP) is 5.09. The Morgan fingerprint density at radius 2 is 1.89 bits per heavy atom. The number of nitrogens with two attached hydrogens (primary N) is 1. The van der Waals surface area contributed by atoms with E-state index < -0.39 is 0 Å². The summed E-state index contributed by atoms with van der Waals surface area (Å²) in [5.74, 6) is 0.520. The maximum absolute atomic E-state index is 6.59. The second-order valence-electron chi connectivity index (χ2n) is 7.19. The second kappa shape index (κ2) is 7.64. The van der Waals surface area contributed by atoms with E-state index in [-0.39, 0.29) is 0 Å². The molecule has 1 saturated carbocycles. The average Bonchev–Trinajstić information content (AvgIpc) is 3.08. The van der Waals surface area contributed by atoms with E-state index in [1.807, 2.05) is 42.3 Å². The van der Waals surface area contributed by atoms with Crippen LogP contribution in [0.5, 0.6) is 0 Å². The van der Waals surface area contributed by atoms with Gasteiger partial charge in [-0.05, 0) is 38.8 Å². The van der Waals surface area contributed by atoms with Crippen molar-refractivity contribution in [3.63, 3.8) is 0 Å². The van der Waals surface area contributed by atoms with Gasteiger partial charge in [-0.3, -0.25) is 9.88 Å². The van der Waals surface area contributed by atoms with Crippen molar-refractivity contribution in [1.82, 2.24) is 9.97 Å². The van der Waals surface area contributed by atoms with Crippen LogP contribution in [0.3, 0.4) is 0 Å². The van der Waals surface area contributed by atoms with Gasteiger partial charge in [0.1, 0.15) is 0 Å². The van der Waals surface area contributed by atoms with Crippen LogP contribution in [0.25, 0.3) is 10.9 Å². The third-order valence-electron chi connectivity index (χ3n) is 4.98. The first-order chi connectivity index (χ1) is 13.1. The molecule has 0 aliphatic heterocycles. The molecule has 0 atom stereocenters. The number of aliphatic imine (C=N–C) groups is 1. The van der Waals surface area contributed by atoms with Gasteiger partial charge in [-0.15, -0.1) is 11.3 Å². The first-order valence-electron chi connectivity index (χ1n) is 9.54. The van der Waals surface area contributed by atoms with Gasteiger partial charge in [0.05, 0.1) is 22.9 Å². The molecule has 6 heteroatoms. The van der Waals surface area contributed by atoms with Crippen LogP contribution in [0.2, 0.25) is 0 Å². The Balaban J connectivity index is 1.85. The molecule has 1 aromatic carbocycles. The molecule has 1 aliphatic carbocycles. The summed E-state index contributed by atoms with van der Waals surface area (Å²) in [6, 6.07) is 10.5. The van der Waals surface area contributed by atoms with E-state index >= 15 is 0 Å². The highest BCUT2D eigenvalue weighted by Crippen LogP contribution is 2.34. The van der Waals surface area contributed by atoms with Crippen LogP contribution in [0, 0.1) is 13.8 Å². The Bertz CT molecular complexity index is 972. The number of thiazole rings is 1. The number of fused-ring (bicyclic) bond motifs is 1. The van der Waals surface area contributed by atoms with Gasteiger partial charge >= 0.3 is 0 Å². The Kier molecular flexibility index (Phi) is 5.07. The molecule has 5 nitrogen and oxygen atoms in total. The molecule has 2 N–H and O–H groups in total. The van der Waals surface area contributed by atoms with Crippen molar-refractivity contribution in [3.05, 3.63) is 47.1 Å². The molecule has 0 amide bonds. The SMILES string of the molecule is Cc1csc(N(C(N)=NC2CCCCC2)c2cc(C)nc3ccccc23)n1. The van der Waals surface area contributed by atoms with E-state index in [9.17, 15) is 0 Å². The molecule has 0 radical (unpaired) electrons. The number of para-hydroxylation sites is 1. The second-order valence-corrected chi connectivity index (χ2v) is 8.02. The largest absolute Gasteiger partial charge is 0.369 e. The lowest BCUT2D eigenvalue weighted by molar-refractivity contribution is 0.443. The summed E-state index contributed by atoms with van der Waals surface area (Å²) in [7, 11) is 0. The van der Waals surface area contributed by atoms with Crippen LogP contribution < -0.4 is 10.6 Å². The first-order valence-corrected chi connectivity index (χ1v) is 10.4. The monoisotopic (exact) mass is 379 g/mol. The van der Waals surface area contributed by atoms with E-state index in [0.29, 0.717) is 12.0 Å². The zero-order chi connectivity index (χ0) is 18.8. The van der Waals surface area contributed by atoms with E-state index in [2.05, 4.69) is 17.1 Å². The fourth-order valence-electron chi connectivity index (χ4n) is 3.69. The molecule has 27 heavy (non-hydrogen) atoms. The number of hydrogen-bond acceptors (Lipinski definition) is 4. The standard InChI is InChI=1S/C21H25N5S/c1-14-12-19(17-10-6-7-11-18(17)23-14)26(21-24-15(2)13-27-21)20(22)25-16-8-4-3-5-9-16/h6-7,10-13,16H,3-5,8-9H2,1-2H3,(H2,22,25). The summed E-state index contributed by atoms with van der Waals surface area (Å²) in [5, 5.41) is 3.95. The Hall–Kier alpha value is -2.47.